The molecule has 8 nitrogen and oxygen atoms in total. The summed E-state index contributed by atoms with van der Waals surface area (Å²) in [6.45, 7) is 4.33. The summed E-state index contributed by atoms with van der Waals surface area (Å²) in [4.78, 5) is 43.2. The van der Waals surface area contributed by atoms with Crippen LogP contribution < -0.4 is 9.64 Å². The molecule has 0 aliphatic carbocycles. The Hall–Kier alpha value is -2.04. The average Bonchev–Trinajstić information content (AvgIpc) is 3.41. The number of benzene rings is 1. The van der Waals surface area contributed by atoms with Crippen molar-refractivity contribution in [1.29, 1.82) is 0 Å². The molecule has 0 saturated carbocycles. The van der Waals surface area contributed by atoms with Gasteiger partial charge in [-0.1, -0.05) is 22.0 Å². The highest BCUT2D eigenvalue weighted by molar-refractivity contribution is 9.09. The third-order valence-corrected chi connectivity index (χ3v) is 10.3. The molecule has 184 valence electrons. The maximum Gasteiger partial charge on any atom is 0.308 e. The zero-order chi connectivity index (χ0) is 24.6. The summed E-state index contributed by atoms with van der Waals surface area (Å²) < 4.78 is 4.42. The SMILES string of the molecule is C=CCN(C(=O)C1N(CCCCO)C(=O)[C@@H]2[C@H](C(=O)O)[C@H]3SC12CC3Br)c1ccc(OC)cc1. The van der Waals surface area contributed by atoms with E-state index >= 15 is 0 Å². The molecule has 2 bridgehead atoms. The van der Waals surface area contributed by atoms with Crippen LogP contribution in [0.4, 0.5) is 5.69 Å². The Kier molecular flexibility index (Phi) is 7.30. The number of amides is 2. The second kappa shape index (κ2) is 9.91. The van der Waals surface area contributed by atoms with Gasteiger partial charge in [0.15, 0.2) is 0 Å². The molecule has 1 aromatic carbocycles. The minimum absolute atomic E-state index is 0.0122. The maximum atomic E-state index is 14.2. The number of carbonyl (C=O) groups excluding carboxylic acids is 2. The Labute approximate surface area is 211 Å². The summed E-state index contributed by atoms with van der Waals surface area (Å²) in [5.41, 5.74) is 0.649. The summed E-state index contributed by atoms with van der Waals surface area (Å²) in [7, 11) is 1.57. The van der Waals surface area contributed by atoms with E-state index in [-0.39, 0.29) is 35.0 Å². The highest BCUT2D eigenvalue weighted by Crippen LogP contribution is 2.67. The number of unbranched alkanes of at least 4 members (excludes halogenated alkanes) is 1. The molecule has 1 aromatic rings. The number of fused-ring (bicyclic) bond motifs is 1. The third-order valence-electron chi connectivity index (χ3n) is 7.08. The van der Waals surface area contributed by atoms with Gasteiger partial charge in [-0.05, 0) is 43.5 Å². The minimum atomic E-state index is -0.997. The molecule has 4 rings (SSSR count). The fourth-order valence-electron chi connectivity index (χ4n) is 5.69. The van der Waals surface area contributed by atoms with E-state index in [1.54, 1.807) is 47.3 Å². The number of thioether (sulfide) groups is 1. The summed E-state index contributed by atoms with van der Waals surface area (Å²) >= 11 is 5.12. The monoisotopic (exact) mass is 552 g/mol. The number of nitrogens with zero attached hydrogens (tertiary/aromatic N) is 2. The van der Waals surface area contributed by atoms with Gasteiger partial charge in [-0.15, -0.1) is 18.3 Å². The number of carbonyl (C=O) groups is 3. The van der Waals surface area contributed by atoms with Crippen LogP contribution in [-0.2, 0) is 14.4 Å². The molecule has 1 spiro atoms. The van der Waals surface area contributed by atoms with Crippen molar-refractivity contribution in [2.24, 2.45) is 11.8 Å². The van der Waals surface area contributed by atoms with Gasteiger partial charge in [0.05, 0.1) is 23.7 Å². The highest BCUT2D eigenvalue weighted by Gasteiger charge is 2.76. The molecular weight excluding hydrogens is 524 g/mol. The lowest BCUT2D eigenvalue weighted by Gasteiger charge is -2.37. The number of aliphatic hydroxyl groups excluding tert-OH is 1. The standard InChI is InChI=1S/C24H29BrN2O6S/c1-3-10-26(14-6-8-15(33-2)9-7-14)22(30)20-24-13-16(25)19(34-24)17(23(31)32)18(24)21(29)27(20)11-4-5-12-28/h3,6-9,16-20,28H,1,4-5,10-13H2,2H3,(H,31,32)/t16?,17-,18-,19-,20?,24?/m0/s1. The zero-order valence-corrected chi connectivity index (χ0v) is 21.3. The molecule has 34 heavy (non-hydrogen) atoms. The summed E-state index contributed by atoms with van der Waals surface area (Å²) in [6.07, 6.45) is 3.20. The van der Waals surface area contributed by atoms with Crippen LogP contribution in [-0.4, -0.2) is 80.6 Å². The zero-order valence-electron chi connectivity index (χ0n) is 18.9. The number of alkyl halides is 1. The second-order valence-corrected chi connectivity index (χ2v) is 11.6. The van der Waals surface area contributed by atoms with Crippen LogP contribution in [0.3, 0.4) is 0 Å². The molecule has 2 N–H and O–H groups in total. The topological polar surface area (TPSA) is 107 Å². The van der Waals surface area contributed by atoms with Gasteiger partial charge in [0.2, 0.25) is 5.91 Å². The number of carboxylic acid groups (broad SMARTS) is 1. The number of rotatable bonds is 10. The molecule has 10 heteroatoms. The fourth-order valence-corrected chi connectivity index (χ4v) is 9.29. The van der Waals surface area contributed by atoms with E-state index in [1.165, 1.54) is 11.8 Å². The number of aliphatic hydroxyl groups is 1. The van der Waals surface area contributed by atoms with Gasteiger partial charge in [-0.25, -0.2) is 0 Å². The Balaban J connectivity index is 1.76. The van der Waals surface area contributed by atoms with E-state index in [1.807, 2.05) is 0 Å². The first-order chi connectivity index (χ1) is 16.3. The second-order valence-electron chi connectivity index (χ2n) is 8.90. The Morgan fingerprint density at radius 2 is 2.06 bits per heavy atom. The number of carboxylic acids is 1. The lowest BCUT2D eigenvalue weighted by atomic mass is 9.71. The lowest BCUT2D eigenvalue weighted by molar-refractivity contribution is -0.148. The van der Waals surface area contributed by atoms with E-state index in [0.29, 0.717) is 37.2 Å². The number of anilines is 1. The van der Waals surface area contributed by atoms with Crippen LogP contribution in [0.5, 0.6) is 5.75 Å². The molecule has 3 unspecified atom stereocenters. The average molecular weight is 553 g/mol. The van der Waals surface area contributed by atoms with Crippen molar-refractivity contribution in [3.63, 3.8) is 0 Å². The maximum absolute atomic E-state index is 14.2. The van der Waals surface area contributed by atoms with Crippen molar-refractivity contribution in [1.82, 2.24) is 4.90 Å². The van der Waals surface area contributed by atoms with Crippen LogP contribution in [0.15, 0.2) is 36.9 Å². The number of likely N-dealkylation sites (tertiary alicyclic amines) is 1. The molecule has 3 aliphatic rings. The number of ether oxygens (including phenoxy) is 1. The van der Waals surface area contributed by atoms with E-state index in [4.69, 9.17) is 4.74 Å². The van der Waals surface area contributed by atoms with Crippen LogP contribution in [0.2, 0.25) is 0 Å². The van der Waals surface area contributed by atoms with Crippen molar-refractivity contribution in [2.45, 2.75) is 40.1 Å². The van der Waals surface area contributed by atoms with Crippen LogP contribution in [0.25, 0.3) is 0 Å². The van der Waals surface area contributed by atoms with E-state index < -0.39 is 28.6 Å². The summed E-state index contributed by atoms with van der Waals surface area (Å²) in [5, 5.41) is 19.0. The predicted molar refractivity (Wildman–Crippen MR) is 133 cm³/mol. The third kappa shape index (κ3) is 3.93. The molecule has 3 fully saturated rings. The smallest absolute Gasteiger partial charge is 0.308 e. The van der Waals surface area contributed by atoms with Crippen molar-refractivity contribution in [3.8, 4) is 5.75 Å². The van der Waals surface area contributed by atoms with Crippen LogP contribution >= 0.6 is 27.7 Å². The summed E-state index contributed by atoms with van der Waals surface area (Å²) in [5.74, 6) is -2.45. The van der Waals surface area contributed by atoms with Gasteiger partial charge in [-0.3, -0.25) is 14.4 Å². The predicted octanol–water partition coefficient (Wildman–Crippen LogP) is 2.54. The number of aliphatic carboxylic acids is 1. The molecule has 2 amide bonds. The Morgan fingerprint density at radius 1 is 1.35 bits per heavy atom. The lowest BCUT2D eigenvalue weighted by Crippen LogP contribution is -2.55. The largest absolute Gasteiger partial charge is 0.497 e. The van der Waals surface area contributed by atoms with Crippen LogP contribution in [0, 0.1) is 11.8 Å². The van der Waals surface area contributed by atoms with Gasteiger partial charge in [0.25, 0.3) is 5.91 Å². The molecule has 0 aromatic heterocycles. The van der Waals surface area contributed by atoms with Crippen LogP contribution in [0.1, 0.15) is 19.3 Å². The molecular formula is C24H29BrN2O6S. The van der Waals surface area contributed by atoms with Gasteiger partial charge in [0.1, 0.15) is 11.8 Å². The minimum Gasteiger partial charge on any atom is -0.497 e. The number of halogens is 1. The van der Waals surface area contributed by atoms with E-state index in [2.05, 4.69) is 22.5 Å². The van der Waals surface area contributed by atoms with Gasteiger partial charge in [0, 0.05) is 35.5 Å². The molecule has 0 radical (unpaired) electrons. The molecule has 3 saturated heterocycles. The molecule has 6 atom stereocenters. The quantitative estimate of drug-likeness (QED) is 0.261. The van der Waals surface area contributed by atoms with Crippen molar-refractivity contribution in [3.05, 3.63) is 36.9 Å². The molecule has 3 heterocycles. The van der Waals surface area contributed by atoms with Gasteiger partial charge < -0.3 is 24.7 Å². The van der Waals surface area contributed by atoms with Crippen molar-refractivity contribution >= 4 is 51.2 Å². The fraction of sp³-hybridized carbons (Fsp3) is 0.542. The van der Waals surface area contributed by atoms with Crippen molar-refractivity contribution in [2.75, 3.05) is 31.7 Å². The first kappa shape index (κ1) is 25.1. The number of methoxy groups -OCH3 is 1. The summed E-state index contributed by atoms with van der Waals surface area (Å²) in [6, 6.07) is 6.31. The van der Waals surface area contributed by atoms with E-state index in [9.17, 15) is 24.6 Å². The highest BCUT2D eigenvalue weighted by atomic mass is 79.9. The van der Waals surface area contributed by atoms with Gasteiger partial charge in [-0.2, -0.15) is 0 Å². The van der Waals surface area contributed by atoms with Gasteiger partial charge >= 0.3 is 5.97 Å². The first-order valence-corrected chi connectivity index (χ1v) is 13.1. The van der Waals surface area contributed by atoms with E-state index in [0.717, 1.165) is 0 Å². The molecule has 3 aliphatic heterocycles. The Morgan fingerprint density at radius 3 is 2.65 bits per heavy atom. The number of hydrogen-bond donors (Lipinski definition) is 2. The number of hydrogen-bond acceptors (Lipinski definition) is 6. The first-order valence-electron chi connectivity index (χ1n) is 11.3. The normalized spacial score (nSPS) is 31.4. The Bertz CT molecular complexity index is 975. The van der Waals surface area contributed by atoms with Crippen molar-refractivity contribution < 1.29 is 29.3 Å².